The normalized spacial score (nSPS) is 14.1. The zero-order valence-corrected chi connectivity index (χ0v) is 22.5. The lowest BCUT2D eigenvalue weighted by Gasteiger charge is -2.34. The van der Waals surface area contributed by atoms with Crippen molar-refractivity contribution < 1.29 is 18.7 Å². The van der Waals surface area contributed by atoms with Crippen molar-refractivity contribution in [3.63, 3.8) is 0 Å². The standard InChI is InChI=1S/C26H30ClFN8O3/c1-17-22(15-23(34-33-17)20-13-18(27)3-4-21(20)28)31-19-5-6-29-24(14-19)32-25(37)16-36-11-9-35(10-12-36)8-7-30-26(38)39-2/h3-6,13-15H,7-12,16H2,1-2H3,(H,30,38)(H2,29,31,32,34,37). The highest BCUT2D eigenvalue weighted by atomic mass is 35.5. The van der Waals surface area contributed by atoms with Crippen LogP contribution in [-0.4, -0.2) is 89.9 Å². The van der Waals surface area contributed by atoms with E-state index in [2.05, 4.69) is 45.7 Å². The molecule has 0 spiro atoms. The Bertz CT molecular complexity index is 1320. The molecule has 1 aliphatic heterocycles. The van der Waals surface area contributed by atoms with Crippen LogP contribution in [0.1, 0.15) is 5.69 Å². The maximum absolute atomic E-state index is 14.3. The molecule has 0 aliphatic carbocycles. The Balaban J connectivity index is 1.31. The van der Waals surface area contributed by atoms with Gasteiger partial charge in [-0.2, -0.15) is 10.2 Å². The van der Waals surface area contributed by atoms with Crippen LogP contribution in [0.5, 0.6) is 0 Å². The topological polar surface area (TPSA) is 125 Å². The quantitative estimate of drug-likeness (QED) is 0.364. The smallest absolute Gasteiger partial charge is 0.406 e. The lowest BCUT2D eigenvalue weighted by molar-refractivity contribution is -0.117. The number of halogens is 2. The maximum Gasteiger partial charge on any atom is 0.406 e. The van der Waals surface area contributed by atoms with Gasteiger partial charge in [-0.15, -0.1) is 0 Å². The first-order chi connectivity index (χ1) is 18.8. The van der Waals surface area contributed by atoms with Gasteiger partial charge in [0, 0.05) is 67.8 Å². The molecule has 0 radical (unpaired) electrons. The van der Waals surface area contributed by atoms with Gasteiger partial charge < -0.3 is 20.7 Å². The summed E-state index contributed by atoms with van der Waals surface area (Å²) in [5.41, 5.74) is 2.50. The molecule has 4 rings (SSSR count). The van der Waals surface area contributed by atoms with Gasteiger partial charge in [0.05, 0.1) is 30.7 Å². The van der Waals surface area contributed by atoms with Crippen LogP contribution in [0.15, 0.2) is 42.6 Å². The van der Waals surface area contributed by atoms with Gasteiger partial charge in [0.15, 0.2) is 0 Å². The first kappa shape index (κ1) is 28.1. The molecule has 13 heteroatoms. The van der Waals surface area contributed by atoms with Crippen molar-refractivity contribution in [2.24, 2.45) is 0 Å². The zero-order chi connectivity index (χ0) is 27.8. The van der Waals surface area contributed by atoms with Gasteiger partial charge in [-0.25, -0.2) is 14.2 Å². The molecule has 39 heavy (non-hydrogen) atoms. The predicted molar refractivity (Wildman–Crippen MR) is 147 cm³/mol. The number of aryl methyl sites for hydroxylation is 1. The highest BCUT2D eigenvalue weighted by Crippen LogP contribution is 2.28. The van der Waals surface area contributed by atoms with Crippen LogP contribution >= 0.6 is 11.6 Å². The molecule has 11 nitrogen and oxygen atoms in total. The molecular formula is C26H30ClFN8O3. The number of nitrogens with one attached hydrogen (secondary N) is 3. The zero-order valence-electron chi connectivity index (χ0n) is 21.7. The molecule has 2 aromatic heterocycles. The number of anilines is 3. The van der Waals surface area contributed by atoms with Crippen molar-refractivity contribution >= 4 is 40.8 Å². The van der Waals surface area contributed by atoms with Crippen LogP contribution in [0.3, 0.4) is 0 Å². The number of carbonyl (C=O) groups excluding carboxylic acids is 2. The van der Waals surface area contributed by atoms with Gasteiger partial charge in [-0.3, -0.25) is 14.6 Å². The summed E-state index contributed by atoms with van der Waals surface area (Å²) in [4.78, 5) is 32.4. The summed E-state index contributed by atoms with van der Waals surface area (Å²) in [7, 11) is 1.34. The molecule has 0 atom stereocenters. The Labute approximate surface area is 230 Å². The lowest BCUT2D eigenvalue weighted by atomic mass is 10.1. The van der Waals surface area contributed by atoms with Gasteiger partial charge in [-0.05, 0) is 37.3 Å². The Morgan fingerprint density at radius 2 is 1.85 bits per heavy atom. The first-order valence-corrected chi connectivity index (χ1v) is 12.8. The van der Waals surface area contributed by atoms with Gasteiger partial charge in [0.25, 0.3) is 0 Å². The minimum absolute atomic E-state index is 0.166. The van der Waals surface area contributed by atoms with E-state index in [1.165, 1.54) is 25.3 Å². The van der Waals surface area contributed by atoms with E-state index < -0.39 is 11.9 Å². The van der Waals surface area contributed by atoms with Crippen LogP contribution in [-0.2, 0) is 9.53 Å². The lowest BCUT2D eigenvalue weighted by Crippen LogP contribution is -2.50. The summed E-state index contributed by atoms with van der Waals surface area (Å²) >= 11 is 6.03. The van der Waals surface area contributed by atoms with Crippen molar-refractivity contribution in [1.29, 1.82) is 0 Å². The minimum atomic E-state index is -0.450. The molecule has 1 fully saturated rings. The largest absolute Gasteiger partial charge is 0.453 e. The van der Waals surface area contributed by atoms with Crippen LogP contribution < -0.4 is 16.0 Å². The number of rotatable bonds is 9. The number of piperazine rings is 1. The monoisotopic (exact) mass is 556 g/mol. The predicted octanol–water partition coefficient (Wildman–Crippen LogP) is 3.30. The Kier molecular flexibility index (Phi) is 9.58. The number of amides is 2. The Morgan fingerprint density at radius 1 is 1.08 bits per heavy atom. The average molecular weight is 557 g/mol. The molecule has 0 bridgehead atoms. The average Bonchev–Trinajstić information content (AvgIpc) is 2.92. The van der Waals surface area contributed by atoms with Crippen molar-refractivity contribution in [3.8, 4) is 11.3 Å². The molecule has 3 N–H and O–H groups in total. The SMILES string of the molecule is COC(=O)NCCN1CCN(CC(=O)Nc2cc(Nc3cc(-c4cc(Cl)ccc4F)nnc3C)ccn2)CC1. The summed E-state index contributed by atoms with van der Waals surface area (Å²) in [6.07, 6.45) is 1.14. The third-order valence-corrected chi connectivity index (χ3v) is 6.44. The summed E-state index contributed by atoms with van der Waals surface area (Å²) < 4.78 is 18.9. The van der Waals surface area contributed by atoms with Crippen LogP contribution in [0.4, 0.5) is 26.4 Å². The van der Waals surface area contributed by atoms with E-state index in [4.69, 9.17) is 11.6 Å². The summed E-state index contributed by atoms with van der Waals surface area (Å²) in [5, 5.41) is 17.4. The fourth-order valence-corrected chi connectivity index (χ4v) is 4.25. The molecule has 206 valence electrons. The summed E-state index contributed by atoms with van der Waals surface area (Å²) in [6.45, 7) is 6.34. The molecule has 1 aromatic carbocycles. The molecule has 0 saturated carbocycles. The minimum Gasteiger partial charge on any atom is -0.453 e. The van der Waals surface area contributed by atoms with Gasteiger partial charge >= 0.3 is 6.09 Å². The number of pyridine rings is 1. The molecule has 1 aliphatic rings. The number of nitrogens with zero attached hydrogens (tertiary/aromatic N) is 5. The van der Waals surface area contributed by atoms with Crippen LogP contribution in [0.25, 0.3) is 11.3 Å². The van der Waals surface area contributed by atoms with Gasteiger partial charge in [-0.1, -0.05) is 11.6 Å². The second-order valence-electron chi connectivity index (χ2n) is 8.99. The second-order valence-corrected chi connectivity index (χ2v) is 9.43. The van der Waals surface area contributed by atoms with Gasteiger partial charge in [0.1, 0.15) is 11.6 Å². The number of aromatic nitrogens is 3. The number of hydrogen-bond donors (Lipinski definition) is 3. The van der Waals surface area contributed by atoms with E-state index in [0.29, 0.717) is 40.1 Å². The second kappa shape index (κ2) is 13.3. The van der Waals surface area contributed by atoms with Crippen molar-refractivity contribution in [3.05, 3.63) is 59.1 Å². The van der Waals surface area contributed by atoms with E-state index in [1.807, 2.05) is 0 Å². The van der Waals surface area contributed by atoms with E-state index in [0.717, 1.165) is 32.7 Å². The van der Waals surface area contributed by atoms with E-state index >= 15 is 0 Å². The van der Waals surface area contributed by atoms with Crippen LogP contribution in [0, 0.1) is 12.7 Å². The van der Waals surface area contributed by atoms with E-state index in [1.54, 1.807) is 31.3 Å². The van der Waals surface area contributed by atoms with Crippen molar-refractivity contribution in [1.82, 2.24) is 30.3 Å². The number of ether oxygens (including phenoxy) is 1. The first-order valence-electron chi connectivity index (χ1n) is 12.4. The van der Waals surface area contributed by atoms with Crippen molar-refractivity contribution in [2.45, 2.75) is 6.92 Å². The summed E-state index contributed by atoms with van der Waals surface area (Å²) in [5.74, 6) is -0.214. The Hall–Kier alpha value is -3.87. The van der Waals surface area contributed by atoms with Crippen LogP contribution in [0.2, 0.25) is 5.02 Å². The molecule has 3 heterocycles. The maximum atomic E-state index is 14.3. The molecular weight excluding hydrogens is 527 g/mol. The molecule has 2 amide bonds. The molecule has 3 aromatic rings. The van der Waals surface area contributed by atoms with E-state index in [-0.39, 0.29) is 18.0 Å². The fourth-order valence-electron chi connectivity index (χ4n) is 4.08. The third kappa shape index (κ3) is 8.06. The molecule has 0 unspecified atom stereocenters. The number of methoxy groups -OCH3 is 1. The summed E-state index contributed by atoms with van der Waals surface area (Å²) in [6, 6.07) is 9.42. The fraction of sp³-hybridized carbons (Fsp3) is 0.346. The highest BCUT2D eigenvalue weighted by Gasteiger charge is 2.19. The van der Waals surface area contributed by atoms with Gasteiger partial charge in [0.2, 0.25) is 5.91 Å². The van der Waals surface area contributed by atoms with E-state index in [9.17, 15) is 14.0 Å². The Morgan fingerprint density at radius 3 is 2.62 bits per heavy atom. The number of carbonyl (C=O) groups is 2. The van der Waals surface area contributed by atoms with Crippen molar-refractivity contribution in [2.75, 3.05) is 63.6 Å². The highest BCUT2D eigenvalue weighted by molar-refractivity contribution is 6.30. The third-order valence-electron chi connectivity index (χ3n) is 6.20. The number of hydrogen-bond acceptors (Lipinski definition) is 9. The molecule has 1 saturated heterocycles. The number of alkyl carbamates (subject to hydrolysis) is 1. The number of benzene rings is 1.